The lowest BCUT2D eigenvalue weighted by molar-refractivity contribution is 0.0941. The molecule has 1 atom stereocenters. The van der Waals surface area contributed by atoms with Crippen molar-refractivity contribution in [2.24, 2.45) is 5.41 Å². The van der Waals surface area contributed by atoms with Crippen LogP contribution in [0.5, 0.6) is 0 Å². The first-order valence-electron chi connectivity index (χ1n) is 5.22. The quantitative estimate of drug-likeness (QED) is 0.653. The highest BCUT2D eigenvalue weighted by molar-refractivity contribution is 4.96. The molecule has 2 nitrogen and oxygen atoms in total. The lowest BCUT2D eigenvalue weighted by Gasteiger charge is -2.33. The number of hydrogen-bond acceptors (Lipinski definition) is 2. The van der Waals surface area contributed by atoms with Gasteiger partial charge in [0.2, 0.25) is 0 Å². The molecule has 0 amide bonds. The molecule has 0 aromatic heterocycles. The summed E-state index contributed by atoms with van der Waals surface area (Å²) in [6, 6.07) is 0.616. The highest BCUT2D eigenvalue weighted by atomic mass is 16.3. The zero-order chi connectivity index (χ0) is 8.44. The smallest absolute Gasteiger partial charge is 0.0502 e. The zero-order valence-electron chi connectivity index (χ0n) is 7.68. The second-order valence-electron chi connectivity index (χ2n) is 4.38. The van der Waals surface area contributed by atoms with Crippen molar-refractivity contribution in [1.82, 2.24) is 5.32 Å². The van der Waals surface area contributed by atoms with Crippen LogP contribution in [0.3, 0.4) is 0 Å². The molecule has 2 aliphatic rings. The van der Waals surface area contributed by atoms with Crippen LogP contribution in [0.2, 0.25) is 0 Å². The van der Waals surface area contributed by atoms with Crippen molar-refractivity contribution >= 4 is 0 Å². The van der Waals surface area contributed by atoms with Gasteiger partial charge >= 0.3 is 0 Å². The molecular weight excluding hydrogens is 150 g/mol. The van der Waals surface area contributed by atoms with E-state index >= 15 is 0 Å². The lowest BCUT2D eigenvalue weighted by atomic mass is 9.79. The van der Waals surface area contributed by atoms with Gasteiger partial charge in [-0.1, -0.05) is 12.8 Å². The Balaban J connectivity index is 2.04. The number of aliphatic hydroxyl groups is 1. The van der Waals surface area contributed by atoms with Gasteiger partial charge in [0.15, 0.2) is 0 Å². The fraction of sp³-hybridized carbons (Fsp3) is 1.00. The Bertz CT molecular complexity index is 146. The molecule has 0 aromatic rings. The van der Waals surface area contributed by atoms with E-state index < -0.39 is 0 Å². The average molecular weight is 169 g/mol. The molecule has 12 heavy (non-hydrogen) atoms. The molecule has 1 saturated carbocycles. The van der Waals surface area contributed by atoms with Crippen LogP contribution in [0, 0.1) is 5.41 Å². The van der Waals surface area contributed by atoms with E-state index in [-0.39, 0.29) is 5.41 Å². The van der Waals surface area contributed by atoms with E-state index in [0.29, 0.717) is 12.6 Å². The van der Waals surface area contributed by atoms with E-state index in [1.165, 1.54) is 38.5 Å². The van der Waals surface area contributed by atoms with Gasteiger partial charge in [0, 0.05) is 11.5 Å². The number of aliphatic hydroxyl groups excluding tert-OH is 1. The molecule has 2 fully saturated rings. The molecule has 0 aromatic carbocycles. The second-order valence-corrected chi connectivity index (χ2v) is 4.38. The molecule has 1 heterocycles. The monoisotopic (exact) mass is 169 g/mol. The first kappa shape index (κ1) is 8.52. The van der Waals surface area contributed by atoms with E-state index in [2.05, 4.69) is 5.32 Å². The highest BCUT2D eigenvalue weighted by Crippen LogP contribution is 2.42. The lowest BCUT2D eigenvalue weighted by Crippen LogP contribution is -2.42. The standard InChI is InChI=1S/C10H19NO/c12-8-10(5-1-2-6-10)9-4-3-7-11-9/h9,11-12H,1-8H2. The maximum Gasteiger partial charge on any atom is 0.0502 e. The van der Waals surface area contributed by atoms with Gasteiger partial charge in [-0.25, -0.2) is 0 Å². The van der Waals surface area contributed by atoms with E-state index in [4.69, 9.17) is 0 Å². The van der Waals surface area contributed by atoms with Crippen LogP contribution in [0.1, 0.15) is 38.5 Å². The first-order chi connectivity index (χ1) is 5.87. The summed E-state index contributed by atoms with van der Waals surface area (Å²) in [6.45, 7) is 1.55. The van der Waals surface area contributed by atoms with Gasteiger partial charge in [-0.2, -0.15) is 0 Å². The predicted molar refractivity (Wildman–Crippen MR) is 49.0 cm³/mol. The summed E-state index contributed by atoms with van der Waals surface area (Å²) >= 11 is 0. The normalized spacial score (nSPS) is 34.2. The number of nitrogens with one attached hydrogen (secondary N) is 1. The summed E-state index contributed by atoms with van der Waals surface area (Å²) in [5.41, 5.74) is 0.260. The van der Waals surface area contributed by atoms with Crippen LogP contribution in [0.15, 0.2) is 0 Å². The third kappa shape index (κ3) is 1.27. The Hall–Kier alpha value is -0.0800. The van der Waals surface area contributed by atoms with E-state index in [1.807, 2.05) is 0 Å². The topological polar surface area (TPSA) is 32.3 Å². The van der Waals surface area contributed by atoms with Gasteiger partial charge in [0.05, 0.1) is 6.61 Å². The van der Waals surface area contributed by atoms with Crippen molar-refractivity contribution in [3.63, 3.8) is 0 Å². The average Bonchev–Trinajstić information content (AvgIpc) is 2.76. The summed E-state index contributed by atoms with van der Waals surface area (Å²) in [5, 5.41) is 13.0. The molecule has 2 N–H and O–H groups in total. The fourth-order valence-corrected chi connectivity index (χ4v) is 2.90. The summed E-state index contributed by atoms with van der Waals surface area (Å²) in [5.74, 6) is 0. The Kier molecular flexibility index (Phi) is 2.37. The van der Waals surface area contributed by atoms with Crippen molar-refractivity contribution in [2.45, 2.75) is 44.6 Å². The molecule has 70 valence electrons. The SMILES string of the molecule is OCC1(C2CCCN2)CCCC1. The predicted octanol–water partition coefficient (Wildman–Crippen LogP) is 1.29. The summed E-state index contributed by atoms with van der Waals surface area (Å²) in [7, 11) is 0. The molecule has 1 saturated heterocycles. The summed E-state index contributed by atoms with van der Waals surface area (Å²) in [4.78, 5) is 0. The molecule has 2 rings (SSSR count). The third-order valence-electron chi connectivity index (χ3n) is 3.71. The van der Waals surface area contributed by atoms with E-state index in [0.717, 1.165) is 6.54 Å². The minimum atomic E-state index is 0.260. The molecule has 0 radical (unpaired) electrons. The van der Waals surface area contributed by atoms with Crippen molar-refractivity contribution in [3.8, 4) is 0 Å². The minimum absolute atomic E-state index is 0.260. The van der Waals surface area contributed by atoms with Crippen LogP contribution < -0.4 is 5.32 Å². The Morgan fingerprint density at radius 3 is 2.50 bits per heavy atom. The maximum atomic E-state index is 9.44. The summed E-state index contributed by atoms with van der Waals surface area (Å²) < 4.78 is 0. The summed E-state index contributed by atoms with van der Waals surface area (Å²) in [6.07, 6.45) is 7.69. The molecule has 1 unspecified atom stereocenters. The molecule has 2 heteroatoms. The van der Waals surface area contributed by atoms with Crippen molar-refractivity contribution < 1.29 is 5.11 Å². The van der Waals surface area contributed by atoms with E-state index in [9.17, 15) is 5.11 Å². The van der Waals surface area contributed by atoms with Crippen LogP contribution in [-0.2, 0) is 0 Å². The van der Waals surface area contributed by atoms with Crippen LogP contribution in [-0.4, -0.2) is 24.3 Å². The largest absolute Gasteiger partial charge is 0.396 e. The number of hydrogen-bond donors (Lipinski definition) is 2. The molecule has 0 spiro atoms. The van der Waals surface area contributed by atoms with Crippen LogP contribution >= 0.6 is 0 Å². The van der Waals surface area contributed by atoms with Crippen molar-refractivity contribution in [3.05, 3.63) is 0 Å². The third-order valence-corrected chi connectivity index (χ3v) is 3.71. The van der Waals surface area contributed by atoms with Crippen molar-refractivity contribution in [1.29, 1.82) is 0 Å². The Labute approximate surface area is 74.4 Å². The fourth-order valence-electron chi connectivity index (χ4n) is 2.90. The number of rotatable bonds is 2. The van der Waals surface area contributed by atoms with Gasteiger partial charge in [-0.3, -0.25) is 0 Å². The van der Waals surface area contributed by atoms with Gasteiger partial charge in [-0.15, -0.1) is 0 Å². The van der Waals surface area contributed by atoms with Gasteiger partial charge in [-0.05, 0) is 32.2 Å². The Morgan fingerprint density at radius 1 is 1.25 bits per heavy atom. The second kappa shape index (κ2) is 3.35. The van der Waals surface area contributed by atoms with Crippen LogP contribution in [0.4, 0.5) is 0 Å². The Morgan fingerprint density at radius 2 is 2.00 bits per heavy atom. The van der Waals surface area contributed by atoms with Gasteiger partial charge in [0.1, 0.15) is 0 Å². The van der Waals surface area contributed by atoms with Crippen molar-refractivity contribution in [2.75, 3.05) is 13.2 Å². The molecular formula is C10H19NO. The first-order valence-corrected chi connectivity index (χ1v) is 5.22. The van der Waals surface area contributed by atoms with Gasteiger partial charge in [0.25, 0.3) is 0 Å². The minimum Gasteiger partial charge on any atom is -0.396 e. The van der Waals surface area contributed by atoms with Gasteiger partial charge < -0.3 is 10.4 Å². The molecule has 1 aliphatic heterocycles. The highest BCUT2D eigenvalue weighted by Gasteiger charge is 2.41. The molecule has 1 aliphatic carbocycles. The zero-order valence-corrected chi connectivity index (χ0v) is 7.68. The molecule has 0 bridgehead atoms. The maximum absolute atomic E-state index is 9.44. The van der Waals surface area contributed by atoms with E-state index in [1.54, 1.807) is 0 Å². The van der Waals surface area contributed by atoms with Crippen LogP contribution in [0.25, 0.3) is 0 Å².